The molecule has 140 valence electrons. The number of benzene rings is 2. The van der Waals surface area contributed by atoms with Gasteiger partial charge < -0.3 is 15.5 Å². The van der Waals surface area contributed by atoms with E-state index in [0.29, 0.717) is 12.1 Å². The molecule has 2 rings (SSSR count). The fourth-order valence-corrected chi connectivity index (χ4v) is 2.18. The van der Waals surface area contributed by atoms with E-state index in [-0.39, 0.29) is 16.9 Å². The molecular formula is C16H11F6NO3. The third kappa shape index (κ3) is 3.59. The van der Waals surface area contributed by atoms with Gasteiger partial charge in [-0.25, -0.2) is 4.79 Å². The molecule has 0 aliphatic heterocycles. The molecule has 0 heterocycles. The van der Waals surface area contributed by atoms with Crippen molar-refractivity contribution in [3.05, 3.63) is 59.7 Å². The first kappa shape index (κ1) is 19.6. The molecule has 0 bridgehead atoms. The molecule has 0 saturated carbocycles. The monoisotopic (exact) mass is 379 g/mol. The van der Waals surface area contributed by atoms with Crippen molar-refractivity contribution in [2.75, 3.05) is 5.32 Å². The van der Waals surface area contributed by atoms with Gasteiger partial charge in [0.05, 0.1) is 5.56 Å². The highest BCUT2D eigenvalue weighted by Gasteiger charge is 2.71. The van der Waals surface area contributed by atoms with Crippen LogP contribution in [-0.2, 0) is 5.60 Å². The summed E-state index contributed by atoms with van der Waals surface area (Å²) in [6.45, 7) is 0. The van der Waals surface area contributed by atoms with E-state index in [9.17, 15) is 36.2 Å². The summed E-state index contributed by atoms with van der Waals surface area (Å²) in [5, 5.41) is 20.8. The average molecular weight is 379 g/mol. The number of aromatic carboxylic acids is 1. The van der Waals surface area contributed by atoms with Crippen LogP contribution >= 0.6 is 0 Å². The molecule has 0 unspecified atom stereocenters. The third-order valence-electron chi connectivity index (χ3n) is 3.52. The minimum absolute atomic E-state index is 0.0601. The summed E-state index contributed by atoms with van der Waals surface area (Å²) in [4.78, 5) is 10.9. The standard InChI is InChI=1S/C16H11F6NO3/c17-15(18,19)14(26,16(20,21)22)10-4-6-11(7-5-10)23-12-3-1-2-9(8-12)13(24)25/h1-8,23,26H,(H,24,25). The number of aliphatic hydroxyl groups is 1. The molecule has 0 saturated heterocycles. The second kappa shape index (κ2) is 6.52. The van der Waals surface area contributed by atoms with Gasteiger partial charge >= 0.3 is 18.3 Å². The van der Waals surface area contributed by atoms with E-state index >= 15 is 0 Å². The fourth-order valence-electron chi connectivity index (χ4n) is 2.18. The number of carbonyl (C=O) groups is 1. The van der Waals surface area contributed by atoms with Crippen LogP contribution in [0.4, 0.5) is 37.7 Å². The molecule has 0 radical (unpaired) electrons. The maximum Gasteiger partial charge on any atom is 0.430 e. The van der Waals surface area contributed by atoms with E-state index in [4.69, 9.17) is 5.11 Å². The summed E-state index contributed by atoms with van der Waals surface area (Å²) in [6, 6.07) is 8.21. The van der Waals surface area contributed by atoms with Crippen molar-refractivity contribution in [3.8, 4) is 0 Å². The lowest BCUT2D eigenvalue weighted by molar-refractivity contribution is -0.376. The van der Waals surface area contributed by atoms with Crippen LogP contribution in [-0.4, -0.2) is 28.5 Å². The molecule has 0 aliphatic rings. The summed E-state index contributed by atoms with van der Waals surface area (Å²) in [5.41, 5.74) is -6.08. The zero-order valence-electron chi connectivity index (χ0n) is 12.7. The number of alkyl halides is 6. The zero-order valence-corrected chi connectivity index (χ0v) is 12.7. The maximum absolute atomic E-state index is 12.8. The number of carboxylic acid groups (broad SMARTS) is 1. The third-order valence-corrected chi connectivity index (χ3v) is 3.52. The van der Waals surface area contributed by atoms with Crippen LogP contribution in [0, 0.1) is 0 Å². The van der Waals surface area contributed by atoms with Crippen LogP contribution < -0.4 is 5.32 Å². The average Bonchev–Trinajstić information content (AvgIpc) is 2.53. The first-order chi connectivity index (χ1) is 11.9. The van der Waals surface area contributed by atoms with Crippen molar-refractivity contribution in [1.29, 1.82) is 0 Å². The second-order valence-corrected chi connectivity index (χ2v) is 5.29. The van der Waals surface area contributed by atoms with Crippen LogP contribution in [0.2, 0.25) is 0 Å². The normalized spacial score (nSPS) is 12.7. The van der Waals surface area contributed by atoms with Crippen LogP contribution in [0.3, 0.4) is 0 Å². The molecule has 26 heavy (non-hydrogen) atoms. The fraction of sp³-hybridized carbons (Fsp3) is 0.188. The lowest BCUT2D eigenvalue weighted by Crippen LogP contribution is -2.53. The van der Waals surface area contributed by atoms with Gasteiger partial charge in [0.15, 0.2) is 0 Å². The van der Waals surface area contributed by atoms with Crippen molar-refractivity contribution in [1.82, 2.24) is 0 Å². The molecule has 0 atom stereocenters. The predicted molar refractivity (Wildman–Crippen MR) is 79.1 cm³/mol. The molecule has 0 aromatic heterocycles. The smallest absolute Gasteiger partial charge is 0.430 e. The van der Waals surface area contributed by atoms with Gasteiger partial charge in [0.1, 0.15) is 0 Å². The summed E-state index contributed by atoms with van der Waals surface area (Å²) in [7, 11) is 0. The molecule has 10 heteroatoms. The number of halogens is 6. The Balaban J connectivity index is 2.33. The molecule has 3 N–H and O–H groups in total. The molecule has 0 aliphatic carbocycles. The summed E-state index contributed by atoms with van der Waals surface area (Å²) < 4.78 is 76.9. The number of hydrogen-bond donors (Lipinski definition) is 3. The quantitative estimate of drug-likeness (QED) is 0.687. The van der Waals surface area contributed by atoms with Crippen LogP contribution in [0.1, 0.15) is 15.9 Å². The zero-order chi connectivity index (χ0) is 19.8. The van der Waals surface area contributed by atoms with Gasteiger partial charge in [-0.15, -0.1) is 0 Å². The van der Waals surface area contributed by atoms with Crippen molar-refractivity contribution < 1.29 is 41.4 Å². The lowest BCUT2D eigenvalue weighted by atomic mass is 9.92. The van der Waals surface area contributed by atoms with E-state index in [1.54, 1.807) is 0 Å². The largest absolute Gasteiger partial charge is 0.478 e. The van der Waals surface area contributed by atoms with Crippen molar-refractivity contribution in [3.63, 3.8) is 0 Å². The Morgan fingerprint density at radius 1 is 0.846 bits per heavy atom. The predicted octanol–water partition coefficient (Wildman–Crippen LogP) is 4.44. The van der Waals surface area contributed by atoms with Gasteiger partial charge in [0.2, 0.25) is 0 Å². The Hall–Kier alpha value is -2.75. The van der Waals surface area contributed by atoms with Gasteiger partial charge in [0, 0.05) is 16.9 Å². The Bertz CT molecular complexity index is 785. The second-order valence-electron chi connectivity index (χ2n) is 5.29. The Morgan fingerprint density at radius 2 is 1.38 bits per heavy atom. The highest BCUT2D eigenvalue weighted by molar-refractivity contribution is 5.89. The van der Waals surface area contributed by atoms with Gasteiger partial charge in [-0.05, 0) is 30.3 Å². The SMILES string of the molecule is O=C(O)c1cccc(Nc2ccc(C(O)(C(F)(F)F)C(F)(F)F)cc2)c1. The number of rotatable bonds is 4. The van der Waals surface area contributed by atoms with E-state index < -0.39 is 29.5 Å². The van der Waals surface area contributed by atoms with Gasteiger partial charge in [-0.3, -0.25) is 0 Å². The summed E-state index contributed by atoms with van der Waals surface area (Å²) in [5.74, 6) is -1.20. The highest BCUT2D eigenvalue weighted by Crippen LogP contribution is 2.50. The first-order valence-electron chi connectivity index (χ1n) is 6.93. The van der Waals surface area contributed by atoms with Crippen LogP contribution in [0.25, 0.3) is 0 Å². The van der Waals surface area contributed by atoms with Crippen LogP contribution in [0.15, 0.2) is 48.5 Å². The van der Waals surface area contributed by atoms with Crippen LogP contribution in [0.5, 0.6) is 0 Å². The lowest BCUT2D eigenvalue weighted by Gasteiger charge is -2.32. The number of carboxylic acids is 1. The molecule has 0 amide bonds. The maximum atomic E-state index is 12.8. The van der Waals surface area contributed by atoms with E-state index in [1.807, 2.05) is 0 Å². The minimum atomic E-state index is -5.96. The first-order valence-corrected chi connectivity index (χ1v) is 6.93. The highest BCUT2D eigenvalue weighted by atomic mass is 19.4. The van der Waals surface area contributed by atoms with Gasteiger partial charge in [-0.1, -0.05) is 18.2 Å². The number of nitrogens with one attached hydrogen (secondary N) is 1. The molecule has 2 aromatic rings. The Labute approximate surface area is 142 Å². The molecule has 2 aromatic carbocycles. The van der Waals surface area contributed by atoms with Gasteiger partial charge in [0.25, 0.3) is 5.60 Å². The number of hydrogen-bond acceptors (Lipinski definition) is 3. The van der Waals surface area contributed by atoms with E-state index in [1.165, 1.54) is 24.3 Å². The minimum Gasteiger partial charge on any atom is -0.478 e. The van der Waals surface area contributed by atoms with Crippen molar-refractivity contribution in [2.24, 2.45) is 0 Å². The summed E-state index contributed by atoms with van der Waals surface area (Å²) in [6.07, 6.45) is -11.9. The summed E-state index contributed by atoms with van der Waals surface area (Å²) >= 11 is 0. The number of anilines is 2. The molecule has 0 fully saturated rings. The topological polar surface area (TPSA) is 69.6 Å². The molecule has 0 spiro atoms. The molecular weight excluding hydrogens is 368 g/mol. The molecule has 4 nitrogen and oxygen atoms in total. The van der Waals surface area contributed by atoms with Gasteiger partial charge in [-0.2, -0.15) is 26.3 Å². The van der Waals surface area contributed by atoms with Crippen molar-refractivity contribution in [2.45, 2.75) is 18.0 Å². The van der Waals surface area contributed by atoms with E-state index in [0.717, 1.165) is 12.1 Å². The Morgan fingerprint density at radius 3 is 1.85 bits per heavy atom. The van der Waals surface area contributed by atoms with Crippen molar-refractivity contribution >= 4 is 17.3 Å². The van der Waals surface area contributed by atoms with E-state index in [2.05, 4.69) is 5.32 Å². The Kier molecular flexibility index (Phi) is 4.91.